The van der Waals surface area contributed by atoms with E-state index >= 15 is 0 Å². The van der Waals surface area contributed by atoms with Crippen LogP contribution in [0.15, 0.2) is 35.5 Å². The van der Waals surface area contributed by atoms with Crippen molar-refractivity contribution in [3.8, 4) is 0 Å². The van der Waals surface area contributed by atoms with Gasteiger partial charge in [0, 0.05) is 29.2 Å². The van der Waals surface area contributed by atoms with Crippen LogP contribution in [0.5, 0.6) is 0 Å². The van der Waals surface area contributed by atoms with Crippen LogP contribution in [0.2, 0.25) is 5.02 Å². The van der Waals surface area contributed by atoms with Crippen LogP contribution >= 0.6 is 46.9 Å². The molecule has 3 rings (SSSR count). The maximum atomic E-state index is 6.25. The van der Waals surface area contributed by atoms with Crippen molar-refractivity contribution >= 4 is 52.9 Å². The minimum absolute atomic E-state index is 0. The molecular weight excluding hydrogens is 505 g/mol. The Kier molecular flexibility index (Phi) is 9.98. The molecule has 0 amide bonds. The average Bonchev–Trinajstić information content (AvgIpc) is 3.32. The lowest BCUT2D eigenvalue weighted by molar-refractivity contribution is 0.245. The van der Waals surface area contributed by atoms with E-state index in [9.17, 15) is 0 Å². The predicted molar refractivity (Wildman–Crippen MR) is 130 cm³/mol. The third kappa shape index (κ3) is 6.86. The Bertz CT molecular complexity index is 761. The average molecular weight is 534 g/mol. The zero-order valence-electron chi connectivity index (χ0n) is 16.4. The fourth-order valence-corrected chi connectivity index (χ4v) is 4.29. The van der Waals surface area contributed by atoms with Gasteiger partial charge in [-0.25, -0.2) is 9.98 Å². The number of thiazole rings is 1. The van der Waals surface area contributed by atoms with Crippen molar-refractivity contribution in [2.75, 3.05) is 26.2 Å². The van der Waals surface area contributed by atoms with E-state index in [0.717, 1.165) is 42.2 Å². The van der Waals surface area contributed by atoms with Gasteiger partial charge in [-0.2, -0.15) is 0 Å². The van der Waals surface area contributed by atoms with Gasteiger partial charge in [-0.1, -0.05) is 23.7 Å². The maximum absolute atomic E-state index is 6.25. The molecule has 0 spiro atoms. The summed E-state index contributed by atoms with van der Waals surface area (Å²) >= 11 is 7.94. The highest BCUT2D eigenvalue weighted by Crippen LogP contribution is 2.26. The van der Waals surface area contributed by atoms with E-state index in [1.807, 2.05) is 18.3 Å². The number of nitrogens with zero attached hydrogens (tertiary/aromatic N) is 3. The zero-order valence-corrected chi connectivity index (χ0v) is 20.4. The van der Waals surface area contributed by atoms with Crippen LogP contribution in [0.4, 0.5) is 0 Å². The molecule has 1 aromatic carbocycles. The number of hydrogen-bond donors (Lipinski definition) is 2. The van der Waals surface area contributed by atoms with Gasteiger partial charge in [-0.05, 0) is 57.5 Å². The fraction of sp³-hybridized carbons (Fsp3) is 0.500. The van der Waals surface area contributed by atoms with Gasteiger partial charge in [-0.3, -0.25) is 4.90 Å². The number of halogens is 2. The van der Waals surface area contributed by atoms with E-state index < -0.39 is 0 Å². The van der Waals surface area contributed by atoms with Crippen LogP contribution < -0.4 is 10.6 Å². The smallest absolute Gasteiger partial charge is 0.191 e. The van der Waals surface area contributed by atoms with Gasteiger partial charge in [0.2, 0.25) is 0 Å². The van der Waals surface area contributed by atoms with E-state index in [-0.39, 0.29) is 30.0 Å². The van der Waals surface area contributed by atoms with Gasteiger partial charge in [0.05, 0.1) is 12.6 Å². The third-order valence-corrected chi connectivity index (χ3v) is 5.80. The Labute approximate surface area is 194 Å². The number of aryl methyl sites for hydroxylation is 1. The van der Waals surface area contributed by atoms with Crippen molar-refractivity contribution in [3.63, 3.8) is 0 Å². The van der Waals surface area contributed by atoms with Crippen LogP contribution in [0, 0.1) is 6.92 Å². The lowest BCUT2D eigenvalue weighted by Gasteiger charge is -2.29. The lowest BCUT2D eigenvalue weighted by atomic mass is 10.1. The van der Waals surface area contributed by atoms with E-state index in [1.165, 1.54) is 23.3 Å². The molecule has 1 unspecified atom stereocenters. The summed E-state index contributed by atoms with van der Waals surface area (Å²) in [5.74, 6) is 0.830. The molecule has 0 aliphatic carbocycles. The van der Waals surface area contributed by atoms with Gasteiger partial charge in [0.1, 0.15) is 5.01 Å². The molecule has 1 atom stereocenters. The number of benzene rings is 1. The van der Waals surface area contributed by atoms with Crippen LogP contribution in [-0.4, -0.2) is 42.0 Å². The van der Waals surface area contributed by atoms with Gasteiger partial charge in [0.25, 0.3) is 0 Å². The SMILES string of the molecule is CCNC(=NCc1ncc(C)s1)NCC(c1cccc(Cl)c1)N1CCCC1.I. The first-order valence-electron chi connectivity index (χ1n) is 9.58. The number of rotatable bonds is 7. The summed E-state index contributed by atoms with van der Waals surface area (Å²) in [5.41, 5.74) is 1.25. The molecule has 28 heavy (non-hydrogen) atoms. The molecule has 2 aromatic rings. The number of hydrogen-bond acceptors (Lipinski definition) is 4. The summed E-state index contributed by atoms with van der Waals surface area (Å²) < 4.78 is 0. The van der Waals surface area contributed by atoms with E-state index in [1.54, 1.807) is 11.3 Å². The molecule has 154 valence electrons. The van der Waals surface area contributed by atoms with Crippen LogP contribution in [-0.2, 0) is 6.54 Å². The second-order valence-electron chi connectivity index (χ2n) is 6.75. The second-order valence-corrected chi connectivity index (χ2v) is 8.51. The summed E-state index contributed by atoms with van der Waals surface area (Å²) in [4.78, 5) is 12.9. The molecule has 5 nitrogen and oxygen atoms in total. The predicted octanol–water partition coefficient (Wildman–Crippen LogP) is 4.62. The van der Waals surface area contributed by atoms with Crippen molar-refractivity contribution in [1.82, 2.24) is 20.5 Å². The Morgan fingerprint density at radius 1 is 1.32 bits per heavy atom. The van der Waals surface area contributed by atoms with Crippen molar-refractivity contribution in [3.05, 3.63) is 50.9 Å². The highest BCUT2D eigenvalue weighted by atomic mass is 127. The highest BCUT2D eigenvalue weighted by molar-refractivity contribution is 14.0. The summed E-state index contributed by atoms with van der Waals surface area (Å²) in [7, 11) is 0. The quantitative estimate of drug-likeness (QED) is 0.310. The topological polar surface area (TPSA) is 52.6 Å². The van der Waals surface area contributed by atoms with Crippen molar-refractivity contribution in [2.45, 2.75) is 39.3 Å². The van der Waals surface area contributed by atoms with Gasteiger partial charge in [0.15, 0.2) is 5.96 Å². The molecule has 0 bridgehead atoms. The molecule has 0 radical (unpaired) electrons. The standard InChI is InChI=1S/C20H28ClN5S.HI/c1-3-22-20(25-14-19-23-12-15(2)27-19)24-13-18(26-9-4-5-10-26)16-7-6-8-17(21)11-16;/h6-8,11-12,18H,3-5,9-10,13-14H2,1-2H3,(H2,22,24,25);1H. The molecule has 1 aromatic heterocycles. The lowest BCUT2D eigenvalue weighted by Crippen LogP contribution is -2.42. The Morgan fingerprint density at radius 2 is 2.11 bits per heavy atom. The number of likely N-dealkylation sites (tertiary alicyclic amines) is 1. The minimum Gasteiger partial charge on any atom is -0.357 e. The first kappa shape index (κ1) is 23.4. The Morgan fingerprint density at radius 3 is 2.75 bits per heavy atom. The van der Waals surface area contributed by atoms with E-state index in [2.05, 4.69) is 46.5 Å². The van der Waals surface area contributed by atoms with Gasteiger partial charge in [-0.15, -0.1) is 35.3 Å². The summed E-state index contributed by atoms with van der Waals surface area (Å²) in [6, 6.07) is 8.50. The molecule has 1 aliphatic rings. The summed E-state index contributed by atoms with van der Waals surface area (Å²) in [5, 5.41) is 8.69. The monoisotopic (exact) mass is 533 g/mol. The van der Waals surface area contributed by atoms with Crippen molar-refractivity contribution < 1.29 is 0 Å². The van der Waals surface area contributed by atoms with Crippen molar-refractivity contribution in [1.29, 1.82) is 0 Å². The summed E-state index contributed by atoms with van der Waals surface area (Å²) in [6.45, 7) is 8.63. The number of guanidine groups is 1. The van der Waals surface area contributed by atoms with E-state index in [4.69, 9.17) is 16.6 Å². The molecule has 1 fully saturated rings. The van der Waals surface area contributed by atoms with Crippen molar-refractivity contribution in [2.24, 2.45) is 4.99 Å². The van der Waals surface area contributed by atoms with Crippen LogP contribution in [0.3, 0.4) is 0 Å². The molecular formula is C20H29ClIN5S. The van der Waals surface area contributed by atoms with Gasteiger partial charge < -0.3 is 10.6 Å². The fourth-order valence-electron chi connectivity index (χ4n) is 3.38. The summed E-state index contributed by atoms with van der Waals surface area (Å²) in [6.07, 6.45) is 4.42. The van der Waals surface area contributed by atoms with E-state index in [0.29, 0.717) is 6.54 Å². The molecule has 2 heterocycles. The first-order valence-corrected chi connectivity index (χ1v) is 10.8. The minimum atomic E-state index is 0. The van der Waals surface area contributed by atoms with Crippen LogP contribution in [0.1, 0.15) is 41.3 Å². The number of aromatic nitrogens is 1. The molecule has 8 heteroatoms. The maximum Gasteiger partial charge on any atom is 0.191 e. The number of aliphatic imine (C=N–C) groups is 1. The van der Waals surface area contributed by atoms with Crippen LogP contribution in [0.25, 0.3) is 0 Å². The normalized spacial score (nSPS) is 15.9. The zero-order chi connectivity index (χ0) is 19.1. The van der Waals surface area contributed by atoms with Gasteiger partial charge >= 0.3 is 0 Å². The second kappa shape index (κ2) is 11.9. The largest absolute Gasteiger partial charge is 0.357 e. The molecule has 1 saturated heterocycles. The molecule has 2 N–H and O–H groups in total. The first-order chi connectivity index (χ1) is 13.2. The molecule has 1 aliphatic heterocycles. The Hall–Kier alpha value is -0.900. The molecule has 0 saturated carbocycles. The number of nitrogens with one attached hydrogen (secondary N) is 2. The Balaban J connectivity index is 0.00000280. The third-order valence-electron chi connectivity index (χ3n) is 4.66. The highest BCUT2D eigenvalue weighted by Gasteiger charge is 2.23.